The molecule has 4 heteroatoms. The van der Waals surface area contributed by atoms with Gasteiger partial charge in [-0.2, -0.15) is 0 Å². The lowest BCUT2D eigenvalue weighted by Crippen LogP contribution is -2.28. The number of esters is 1. The first-order valence-corrected chi connectivity index (χ1v) is 6.11. The van der Waals surface area contributed by atoms with Crippen LogP contribution in [-0.4, -0.2) is 19.0 Å². The molecule has 0 saturated heterocycles. The first-order chi connectivity index (χ1) is 8.61. The van der Waals surface area contributed by atoms with Gasteiger partial charge in [0.1, 0.15) is 0 Å². The Labute approximate surface area is 106 Å². The largest absolute Gasteiger partial charge is 0.465 e. The highest BCUT2D eigenvalue weighted by Gasteiger charge is 2.25. The molecule has 1 amide bonds. The van der Waals surface area contributed by atoms with E-state index in [4.69, 9.17) is 0 Å². The molecule has 96 valence electrons. The predicted molar refractivity (Wildman–Crippen MR) is 68.5 cm³/mol. The van der Waals surface area contributed by atoms with Crippen LogP contribution >= 0.6 is 0 Å². The average molecular weight is 247 g/mol. The maximum absolute atomic E-state index is 11.9. The summed E-state index contributed by atoms with van der Waals surface area (Å²) in [5, 5.41) is 2.88. The molecule has 0 bridgehead atoms. The van der Waals surface area contributed by atoms with Crippen LogP contribution in [0, 0.1) is 12.8 Å². The van der Waals surface area contributed by atoms with Crippen molar-refractivity contribution >= 4 is 17.6 Å². The van der Waals surface area contributed by atoms with E-state index in [-0.39, 0.29) is 11.8 Å². The van der Waals surface area contributed by atoms with Gasteiger partial charge in [-0.05, 0) is 37.5 Å². The van der Waals surface area contributed by atoms with E-state index < -0.39 is 5.97 Å². The van der Waals surface area contributed by atoms with Gasteiger partial charge in [-0.25, -0.2) is 4.79 Å². The van der Waals surface area contributed by atoms with E-state index in [1.54, 1.807) is 12.1 Å². The summed E-state index contributed by atoms with van der Waals surface area (Å²) >= 11 is 0. The zero-order valence-corrected chi connectivity index (χ0v) is 10.7. The number of carbonyl (C=O) groups is 2. The number of nitrogens with one attached hydrogen (secondary N) is 1. The van der Waals surface area contributed by atoms with E-state index >= 15 is 0 Å². The molecule has 0 heterocycles. The van der Waals surface area contributed by atoms with Crippen LogP contribution in [0.5, 0.6) is 0 Å². The number of aryl methyl sites for hydroxylation is 1. The highest BCUT2D eigenvalue weighted by Crippen LogP contribution is 2.28. The van der Waals surface area contributed by atoms with Gasteiger partial charge in [0, 0.05) is 11.6 Å². The quantitative estimate of drug-likeness (QED) is 0.835. The fourth-order valence-corrected chi connectivity index (χ4v) is 1.91. The van der Waals surface area contributed by atoms with Gasteiger partial charge in [-0.15, -0.1) is 0 Å². The maximum Gasteiger partial charge on any atom is 0.337 e. The molecular weight excluding hydrogens is 230 g/mol. The summed E-state index contributed by atoms with van der Waals surface area (Å²) in [5.74, 6) is -0.216. The lowest BCUT2D eigenvalue weighted by Gasteiger charge is -2.24. The molecule has 0 radical (unpaired) electrons. The fraction of sp³-hybridized carbons (Fsp3) is 0.429. The van der Waals surface area contributed by atoms with Gasteiger partial charge in [0.25, 0.3) is 0 Å². The van der Waals surface area contributed by atoms with Crippen molar-refractivity contribution < 1.29 is 14.3 Å². The molecule has 0 spiro atoms. The minimum absolute atomic E-state index is 0.0476. The molecule has 1 aliphatic carbocycles. The summed E-state index contributed by atoms with van der Waals surface area (Å²) in [5.41, 5.74) is 2.08. The van der Waals surface area contributed by atoms with Crippen LogP contribution in [0.4, 0.5) is 5.69 Å². The smallest absolute Gasteiger partial charge is 0.337 e. The second kappa shape index (κ2) is 5.21. The van der Waals surface area contributed by atoms with Gasteiger partial charge in [-0.3, -0.25) is 4.79 Å². The number of hydrogen-bond acceptors (Lipinski definition) is 3. The second-order valence-electron chi connectivity index (χ2n) is 4.64. The molecule has 1 aromatic carbocycles. The topological polar surface area (TPSA) is 55.4 Å². The summed E-state index contributed by atoms with van der Waals surface area (Å²) < 4.78 is 4.66. The Morgan fingerprint density at radius 3 is 2.61 bits per heavy atom. The predicted octanol–water partition coefficient (Wildman–Crippen LogP) is 2.52. The molecule has 0 aromatic heterocycles. The average Bonchev–Trinajstić information content (AvgIpc) is 2.28. The van der Waals surface area contributed by atoms with Crippen LogP contribution in [0.1, 0.15) is 35.2 Å². The number of rotatable bonds is 3. The zero-order chi connectivity index (χ0) is 13.1. The third-order valence-electron chi connectivity index (χ3n) is 3.39. The summed E-state index contributed by atoms with van der Waals surface area (Å²) in [6.07, 6.45) is 3.04. The standard InChI is InChI=1S/C14H17NO3/c1-9-6-7-11(14(17)18-2)8-12(9)15-13(16)10-4-3-5-10/h6-8,10H,3-5H2,1-2H3,(H,15,16). The van der Waals surface area contributed by atoms with Crippen LogP contribution in [0.2, 0.25) is 0 Å². The minimum Gasteiger partial charge on any atom is -0.465 e. The van der Waals surface area contributed by atoms with E-state index in [9.17, 15) is 9.59 Å². The molecule has 1 saturated carbocycles. The highest BCUT2D eigenvalue weighted by atomic mass is 16.5. The minimum atomic E-state index is -0.394. The molecule has 18 heavy (non-hydrogen) atoms. The lowest BCUT2D eigenvalue weighted by molar-refractivity contribution is -0.122. The van der Waals surface area contributed by atoms with E-state index in [1.165, 1.54) is 7.11 Å². The molecule has 4 nitrogen and oxygen atoms in total. The number of benzene rings is 1. The SMILES string of the molecule is COC(=O)c1ccc(C)c(NC(=O)C2CCC2)c1. The van der Waals surface area contributed by atoms with Crippen molar-refractivity contribution in [3.63, 3.8) is 0 Å². The van der Waals surface area contributed by atoms with Crippen LogP contribution < -0.4 is 5.32 Å². The molecule has 0 aliphatic heterocycles. The van der Waals surface area contributed by atoms with E-state index in [1.807, 2.05) is 13.0 Å². The van der Waals surface area contributed by atoms with Crippen LogP contribution in [-0.2, 0) is 9.53 Å². The molecule has 1 aromatic rings. The zero-order valence-electron chi connectivity index (χ0n) is 10.7. The van der Waals surface area contributed by atoms with E-state index in [0.29, 0.717) is 11.3 Å². The highest BCUT2D eigenvalue weighted by molar-refractivity contribution is 5.96. The number of ether oxygens (including phenoxy) is 1. The Morgan fingerprint density at radius 2 is 2.06 bits per heavy atom. The fourth-order valence-electron chi connectivity index (χ4n) is 1.91. The van der Waals surface area contributed by atoms with Crippen molar-refractivity contribution in [3.8, 4) is 0 Å². The normalized spacial score (nSPS) is 14.8. The third kappa shape index (κ3) is 2.53. The number of hydrogen-bond donors (Lipinski definition) is 1. The second-order valence-corrected chi connectivity index (χ2v) is 4.64. The van der Waals surface area contributed by atoms with Gasteiger partial charge >= 0.3 is 5.97 Å². The van der Waals surface area contributed by atoms with Crippen molar-refractivity contribution in [1.29, 1.82) is 0 Å². The number of methoxy groups -OCH3 is 1. The Balaban J connectivity index is 2.15. The van der Waals surface area contributed by atoms with E-state index in [2.05, 4.69) is 10.1 Å². The van der Waals surface area contributed by atoms with Gasteiger partial charge in [0.05, 0.1) is 12.7 Å². The van der Waals surface area contributed by atoms with Gasteiger partial charge in [-0.1, -0.05) is 12.5 Å². The van der Waals surface area contributed by atoms with Gasteiger partial charge in [0.15, 0.2) is 0 Å². The van der Waals surface area contributed by atoms with Crippen molar-refractivity contribution in [2.45, 2.75) is 26.2 Å². The number of amides is 1. The molecular formula is C14H17NO3. The van der Waals surface area contributed by atoms with Crippen molar-refractivity contribution in [2.75, 3.05) is 12.4 Å². The number of anilines is 1. The van der Waals surface area contributed by atoms with Crippen LogP contribution in [0.25, 0.3) is 0 Å². The molecule has 1 fully saturated rings. The first kappa shape index (κ1) is 12.6. The summed E-state index contributed by atoms with van der Waals surface area (Å²) in [6, 6.07) is 5.17. The van der Waals surface area contributed by atoms with E-state index in [0.717, 1.165) is 24.8 Å². The van der Waals surface area contributed by atoms with Crippen LogP contribution in [0.15, 0.2) is 18.2 Å². The van der Waals surface area contributed by atoms with Crippen molar-refractivity contribution in [3.05, 3.63) is 29.3 Å². The summed E-state index contributed by atoms with van der Waals surface area (Å²) in [4.78, 5) is 23.3. The Bertz CT molecular complexity index is 478. The van der Waals surface area contributed by atoms with Gasteiger partial charge < -0.3 is 10.1 Å². The van der Waals surface area contributed by atoms with Crippen molar-refractivity contribution in [1.82, 2.24) is 0 Å². The van der Waals surface area contributed by atoms with Crippen molar-refractivity contribution in [2.24, 2.45) is 5.92 Å². The van der Waals surface area contributed by atoms with Gasteiger partial charge in [0.2, 0.25) is 5.91 Å². The number of carbonyl (C=O) groups excluding carboxylic acids is 2. The third-order valence-corrected chi connectivity index (χ3v) is 3.39. The molecule has 2 rings (SSSR count). The maximum atomic E-state index is 11.9. The monoisotopic (exact) mass is 247 g/mol. The molecule has 0 unspecified atom stereocenters. The summed E-state index contributed by atoms with van der Waals surface area (Å²) in [7, 11) is 1.34. The van der Waals surface area contributed by atoms with Crippen LogP contribution in [0.3, 0.4) is 0 Å². The molecule has 1 N–H and O–H groups in total. The Kier molecular flexibility index (Phi) is 3.65. The molecule has 1 aliphatic rings. The first-order valence-electron chi connectivity index (χ1n) is 6.11. The Hall–Kier alpha value is -1.84. The summed E-state index contributed by atoms with van der Waals surface area (Å²) in [6.45, 7) is 1.90. The molecule has 0 atom stereocenters. The Morgan fingerprint density at radius 1 is 1.33 bits per heavy atom. The lowest BCUT2D eigenvalue weighted by atomic mass is 9.85.